The number of nitrogens with two attached hydrogens (primary N) is 1. The van der Waals surface area contributed by atoms with Gasteiger partial charge in [0.1, 0.15) is 17.9 Å². The van der Waals surface area contributed by atoms with Crippen molar-refractivity contribution in [3.05, 3.63) is 42.7 Å². The van der Waals surface area contributed by atoms with Crippen molar-refractivity contribution >= 4 is 34.5 Å². The number of amides is 1. The molecule has 5 N–H and O–H groups in total. The predicted molar refractivity (Wildman–Crippen MR) is 140 cm³/mol. The maximum atomic E-state index is 12.5. The smallest absolute Gasteiger partial charge is 0.231 e. The largest absolute Gasteiger partial charge is 0.492 e. The van der Waals surface area contributed by atoms with Crippen molar-refractivity contribution in [1.82, 2.24) is 24.8 Å². The lowest BCUT2D eigenvalue weighted by Crippen LogP contribution is -2.50. The molecule has 11 heteroatoms. The molecule has 0 radical (unpaired) electrons. The van der Waals surface area contributed by atoms with E-state index in [9.17, 15) is 4.79 Å². The van der Waals surface area contributed by atoms with Crippen molar-refractivity contribution in [2.45, 2.75) is 19.4 Å². The summed E-state index contributed by atoms with van der Waals surface area (Å²) in [7, 11) is 0. The first kappa shape index (κ1) is 23.7. The molecule has 0 spiro atoms. The van der Waals surface area contributed by atoms with Crippen LogP contribution in [0.3, 0.4) is 0 Å². The fourth-order valence-electron chi connectivity index (χ4n) is 5.74. The van der Waals surface area contributed by atoms with Gasteiger partial charge in [0.2, 0.25) is 11.9 Å². The monoisotopic (exact) mass is 504 g/mol. The number of nitrogens with zero attached hydrogens (tertiary/aromatic N) is 4. The molecule has 2 aromatic heterocycles. The van der Waals surface area contributed by atoms with Gasteiger partial charge in [-0.1, -0.05) is 18.2 Å². The van der Waals surface area contributed by atoms with E-state index < -0.39 is 5.41 Å². The highest BCUT2D eigenvalue weighted by molar-refractivity contribution is 5.87. The number of carbonyl (C=O) groups excluding carboxylic acids is 1. The lowest BCUT2D eigenvalue weighted by atomic mass is 9.73. The average Bonchev–Trinajstić information content (AvgIpc) is 3.63. The van der Waals surface area contributed by atoms with Crippen molar-refractivity contribution in [2.24, 2.45) is 23.0 Å². The summed E-state index contributed by atoms with van der Waals surface area (Å²) in [6.45, 7) is 6.82. The van der Waals surface area contributed by atoms with Crippen LogP contribution in [0.15, 0.2) is 42.7 Å². The van der Waals surface area contributed by atoms with Crippen LogP contribution in [0.2, 0.25) is 0 Å². The number of carbonyl (C=O) groups is 1. The summed E-state index contributed by atoms with van der Waals surface area (Å²) < 4.78 is 11.4. The topological polar surface area (TPSA) is 143 Å². The van der Waals surface area contributed by atoms with E-state index in [1.54, 1.807) is 6.33 Å². The van der Waals surface area contributed by atoms with Gasteiger partial charge in [0, 0.05) is 37.4 Å². The van der Waals surface area contributed by atoms with Crippen LogP contribution in [0.25, 0.3) is 11.2 Å². The zero-order chi connectivity index (χ0) is 25.4. The maximum Gasteiger partial charge on any atom is 0.231 e. The second-order valence-electron chi connectivity index (χ2n) is 10.1. The van der Waals surface area contributed by atoms with E-state index >= 15 is 0 Å². The third-order valence-electron chi connectivity index (χ3n) is 7.94. The molecule has 2 fully saturated rings. The summed E-state index contributed by atoms with van der Waals surface area (Å²) >= 11 is 0. The van der Waals surface area contributed by atoms with Gasteiger partial charge in [0.25, 0.3) is 0 Å². The lowest BCUT2D eigenvalue weighted by Gasteiger charge is -2.36. The Morgan fingerprint density at radius 3 is 3.00 bits per heavy atom. The van der Waals surface area contributed by atoms with Gasteiger partial charge in [-0.3, -0.25) is 9.69 Å². The molecule has 2 bridgehead atoms. The van der Waals surface area contributed by atoms with Gasteiger partial charge in [-0.25, -0.2) is 4.98 Å². The van der Waals surface area contributed by atoms with E-state index in [2.05, 4.69) is 42.6 Å². The molecule has 3 heterocycles. The Balaban J connectivity index is 1.19. The van der Waals surface area contributed by atoms with Crippen molar-refractivity contribution in [3.63, 3.8) is 0 Å². The third kappa shape index (κ3) is 4.49. The first-order valence-electron chi connectivity index (χ1n) is 12.8. The van der Waals surface area contributed by atoms with Gasteiger partial charge in [0.05, 0.1) is 25.0 Å². The molecule has 1 saturated carbocycles. The summed E-state index contributed by atoms with van der Waals surface area (Å²) in [6, 6.07) is 7.55. The number of imidazole rings is 1. The van der Waals surface area contributed by atoms with Crippen molar-refractivity contribution in [2.75, 3.05) is 50.1 Å². The molecule has 4 atom stereocenters. The van der Waals surface area contributed by atoms with Crippen LogP contribution in [-0.4, -0.2) is 76.2 Å². The minimum atomic E-state index is -0.697. The molecule has 2 aliphatic carbocycles. The van der Waals surface area contributed by atoms with Crippen molar-refractivity contribution < 1.29 is 14.3 Å². The van der Waals surface area contributed by atoms with Gasteiger partial charge >= 0.3 is 0 Å². The molecule has 1 aromatic carbocycles. The second-order valence-corrected chi connectivity index (χ2v) is 10.1. The Morgan fingerprint density at radius 1 is 1.30 bits per heavy atom. The highest BCUT2D eigenvalue weighted by atomic mass is 16.5. The SMILES string of the molecule is C[C@]1(C(N)=O)[C@H]2C=C[C@H](C2)[C@@H]1Nc1nc(Nc2cccc(OCCN3CCOCC3)c2)nc2nc[nH]c12. The van der Waals surface area contributed by atoms with Gasteiger partial charge in [-0.2, -0.15) is 9.97 Å². The molecule has 37 heavy (non-hydrogen) atoms. The maximum absolute atomic E-state index is 12.5. The number of hydrogen-bond donors (Lipinski definition) is 4. The zero-order valence-electron chi connectivity index (χ0n) is 20.8. The molecule has 1 aliphatic heterocycles. The summed E-state index contributed by atoms with van der Waals surface area (Å²) in [5, 5.41) is 6.80. The number of aromatic amines is 1. The standard InChI is InChI=1S/C26H32N8O3/c1-26(24(27)35)17-6-5-16(13-17)21(26)31-23-20-22(29-15-28-20)32-25(33-23)30-18-3-2-4-19(14-18)37-12-9-34-7-10-36-11-8-34/h2-6,14-17,21H,7-13H2,1H3,(H2,27,35)(H3,28,29,30,31,32,33)/t16-,17+,21+,26+/m1/s1. The van der Waals surface area contributed by atoms with E-state index in [4.69, 9.17) is 20.2 Å². The number of aromatic nitrogens is 4. The number of morpholine rings is 1. The van der Waals surface area contributed by atoms with Gasteiger partial charge in [-0.05, 0) is 37.3 Å². The van der Waals surface area contributed by atoms with Crippen LogP contribution < -0.4 is 21.1 Å². The fourth-order valence-corrected chi connectivity index (χ4v) is 5.74. The van der Waals surface area contributed by atoms with Crippen molar-refractivity contribution in [3.8, 4) is 5.75 Å². The minimum absolute atomic E-state index is 0.121. The highest BCUT2D eigenvalue weighted by Crippen LogP contribution is 2.53. The minimum Gasteiger partial charge on any atom is -0.492 e. The number of rotatable bonds is 9. The van der Waals surface area contributed by atoms with Gasteiger partial charge in [0.15, 0.2) is 11.5 Å². The summed E-state index contributed by atoms with van der Waals surface area (Å²) in [6.07, 6.45) is 6.77. The Morgan fingerprint density at radius 2 is 2.16 bits per heavy atom. The zero-order valence-corrected chi connectivity index (χ0v) is 20.8. The van der Waals surface area contributed by atoms with Crippen molar-refractivity contribution in [1.29, 1.82) is 0 Å². The normalized spacial score (nSPS) is 27.0. The summed E-state index contributed by atoms with van der Waals surface area (Å²) in [4.78, 5) is 31.6. The van der Waals surface area contributed by atoms with Crippen LogP contribution >= 0.6 is 0 Å². The quantitative estimate of drug-likeness (QED) is 0.323. The first-order valence-corrected chi connectivity index (χ1v) is 12.8. The van der Waals surface area contributed by atoms with Gasteiger partial charge in [-0.15, -0.1) is 0 Å². The molecule has 1 amide bonds. The number of H-pyrrole nitrogens is 1. The van der Waals surface area contributed by atoms with Gasteiger partial charge < -0.3 is 30.8 Å². The molecule has 0 unspecified atom stereocenters. The van der Waals surface area contributed by atoms with E-state index in [0.29, 0.717) is 29.5 Å². The van der Waals surface area contributed by atoms with Crippen LogP contribution in [-0.2, 0) is 9.53 Å². The van der Waals surface area contributed by atoms with Crippen LogP contribution in [0, 0.1) is 17.3 Å². The number of primary amides is 1. The average molecular weight is 505 g/mol. The Hall–Kier alpha value is -3.70. The molecule has 3 aliphatic rings. The molecule has 11 nitrogen and oxygen atoms in total. The second kappa shape index (κ2) is 9.64. The number of allylic oxidation sites excluding steroid dienone is 1. The molecule has 1 saturated heterocycles. The Labute approximate surface area is 214 Å². The number of nitrogens with one attached hydrogen (secondary N) is 3. The van der Waals surface area contributed by atoms with E-state index in [1.807, 2.05) is 31.2 Å². The number of ether oxygens (including phenoxy) is 2. The van der Waals surface area contributed by atoms with E-state index in [-0.39, 0.29) is 23.8 Å². The molecular formula is C26H32N8O3. The van der Waals surface area contributed by atoms with E-state index in [0.717, 1.165) is 50.7 Å². The Kier molecular flexibility index (Phi) is 6.17. The molecule has 3 aromatic rings. The number of anilines is 3. The Bertz CT molecular complexity index is 1320. The molecular weight excluding hydrogens is 472 g/mol. The first-order chi connectivity index (χ1) is 18.0. The van der Waals surface area contributed by atoms with Crippen LogP contribution in [0.5, 0.6) is 5.75 Å². The summed E-state index contributed by atoms with van der Waals surface area (Å²) in [5.41, 5.74) is 7.19. The number of fused-ring (bicyclic) bond motifs is 3. The highest BCUT2D eigenvalue weighted by Gasteiger charge is 2.57. The third-order valence-corrected chi connectivity index (χ3v) is 7.94. The van der Waals surface area contributed by atoms with Crippen LogP contribution in [0.4, 0.5) is 17.5 Å². The molecule has 6 rings (SSSR count). The number of hydrogen-bond acceptors (Lipinski definition) is 9. The predicted octanol–water partition coefficient (Wildman–Crippen LogP) is 2.29. The van der Waals surface area contributed by atoms with Crippen LogP contribution in [0.1, 0.15) is 13.3 Å². The van der Waals surface area contributed by atoms with E-state index in [1.165, 1.54) is 0 Å². The summed E-state index contributed by atoms with van der Waals surface area (Å²) in [5.74, 6) is 1.77. The lowest BCUT2D eigenvalue weighted by molar-refractivity contribution is -0.128. The molecule has 194 valence electrons. The fraction of sp³-hybridized carbons (Fsp3) is 0.462. The number of benzene rings is 1.